The van der Waals surface area contributed by atoms with Crippen LogP contribution in [0.4, 0.5) is 29.1 Å². The molecule has 0 amide bonds. The summed E-state index contributed by atoms with van der Waals surface area (Å²) in [6.07, 6.45) is -4.47. The first-order chi connectivity index (χ1) is 16.6. The van der Waals surface area contributed by atoms with E-state index in [9.17, 15) is 17.6 Å². The number of hydrogen-bond acceptors (Lipinski definition) is 5. The molecule has 0 spiro atoms. The Morgan fingerprint density at radius 1 is 1.09 bits per heavy atom. The van der Waals surface area contributed by atoms with Crippen molar-refractivity contribution in [1.82, 2.24) is 19.6 Å². The first kappa shape index (κ1) is 23.1. The Labute approximate surface area is 198 Å². The lowest BCUT2D eigenvalue weighted by molar-refractivity contribution is -0.190. The third-order valence-electron chi connectivity index (χ3n) is 6.08. The second-order valence-electron chi connectivity index (χ2n) is 8.86. The van der Waals surface area contributed by atoms with Crippen molar-refractivity contribution in [2.45, 2.75) is 33.6 Å². The van der Waals surface area contributed by atoms with Crippen LogP contribution in [0.5, 0.6) is 0 Å². The third kappa shape index (κ3) is 3.96. The molecule has 35 heavy (non-hydrogen) atoms. The van der Waals surface area contributed by atoms with Gasteiger partial charge in [-0.3, -0.25) is 4.40 Å². The van der Waals surface area contributed by atoms with Crippen LogP contribution in [0.3, 0.4) is 0 Å². The molecule has 2 aromatic heterocycles. The Morgan fingerprint density at radius 3 is 2.66 bits per heavy atom. The molecule has 0 unspecified atom stereocenters. The van der Waals surface area contributed by atoms with Gasteiger partial charge in [0.15, 0.2) is 0 Å². The summed E-state index contributed by atoms with van der Waals surface area (Å²) in [5, 5.41) is 8.79. The van der Waals surface area contributed by atoms with Crippen LogP contribution in [0, 0.1) is 30.0 Å². The van der Waals surface area contributed by atoms with E-state index in [-0.39, 0.29) is 6.61 Å². The molecule has 180 valence electrons. The lowest BCUT2D eigenvalue weighted by Gasteiger charge is -2.25. The van der Waals surface area contributed by atoms with Crippen molar-refractivity contribution in [1.29, 1.82) is 0 Å². The molecule has 10 heteroatoms. The Morgan fingerprint density at radius 2 is 1.89 bits per heavy atom. The van der Waals surface area contributed by atoms with E-state index in [2.05, 4.69) is 27.0 Å². The summed E-state index contributed by atoms with van der Waals surface area (Å²) in [6.45, 7) is 4.76. The van der Waals surface area contributed by atoms with Crippen molar-refractivity contribution in [3.8, 4) is 11.8 Å². The van der Waals surface area contributed by atoms with Gasteiger partial charge in [0.1, 0.15) is 22.9 Å². The zero-order valence-electron chi connectivity index (χ0n) is 19.2. The predicted octanol–water partition coefficient (Wildman–Crippen LogP) is 5.33. The molecule has 0 radical (unpaired) electrons. The number of alkyl halides is 3. The van der Waals surface area contributed by atoms with Gasteiger partial charge in [0, 0.05) is 28.7 Å². The first-order valence-corrected chi connectivity index (χ1v) is 10.9. The molecule has 4 aromatic rings. The van der Waals surface area contributed by atoms with Crippen LogP contribution >= 0.6 is 0 Å². The molecule has 3 heterocycles. The topological polar surface area (TPSA) is 55.5 Å². The monoisotopic (exact) mass is 483 g/mol. The number of ether oxygens (including phenoxy) is 1. The molecular weight excluding hydrogens is 462 g/mol. The number of nitrogens with zero attached hydrogens (tertiary/aromatic N) is 5. The average molecular weight is 483 g/mol. The Bertz CT molecular complexity index is 1510. The van der Waals surface area contributed by atoms with Crippen LogP contribution in [0.15, 0.2) is 36.4 Å². The molecule has 0 N–H and O–H groups in total. The number of rotatable bonds is 1. The summed E-state index contributed by atoms with van der Waals surface area (Å²) in [6, 6.07) is 9.63. The fourth-order valence-electron chi connectivity index (χ4n) is 4.01. The second kappa shape index (κ2) is 8.20. The van der Waals surface area contributed by atoms with Crippen LogP contribution in [0.25, 0.3) is 16.7 Å². The van der Waals surface area contributed by atoms with E-state index in [4.69, 9.17) is 4.74 Å². The van der Waals surface area contributed by atoms with Crippen molar-refractivity contribution in [3.63, 3.8) is 0 Å². The molecule has 1 aliphatic rings. The van der Waals surface area contributed by atoms with Gasteiger partial charge in [0.05, 0.1) is 18.7 Å². The highest BCUT2D eigenvalue weighted by molar-refractivity contribution is 5.94. The lowest BCUT2D eigenvalue weighted by atomic mass is 9.92. The van der Waals surface area contributed by atoms with Gasteiger partial charge in [-0.15, -0.1) is 10.2 Å². The summed E-state index contributed by atoms with van der Waals surface area (Å²) >= 11 is 0. The van der Waals surface area contributed by atoms with Gasteiger partial charge in [-0.2, -0.15) is 18.2 Å². The predicted molar refractivity (Wildman–Crippen MR) is 123 cm³/mol. The van der Waals surface area contributed by atoms with E-state index >= 15 is 0 Å². The van der Waals surface area contributed by atoms with Gasteiger partial charge in [-0.1, -0.05) is 17.9 Å². The van der Waals surface area contributed by atoms with E-state index < -0.39 is 17.4 Å². The summed E-state index contributed by atoms with van der Waals surface area (Å²) < 4.78 is 61.9. The van der Waals surface area contributed by atoms with Gasteiger partial charge < -0.3 is 9.64 Å². The minimum Gasteiger partial charge on any atom is -0.375 e. The van der Waals surface area contributed by atoms with Crippen molar-refractivity contribution in [2.24, 2.45) is 5.41 Å². The Kier molecular flexibility index (Phi) is 5.40. The number of anilines is 2. The first-order valence-electron chi connectivity index (χ1n) is 10.9. The number of benzene rings is 2. The highest BCUT2D eigenvalue weighted by atomic mass is 19.4. The molecule has 0 bridgehead atoms. The van der Waals surface area contributed by atoms with Crippen LogP contribution in [-0.2, 0) is 11.3 Å². The zero-order valence-corrected chi connectivity index (χ0v) is 19.2. The van der Waals surface area contributed by atoms with Crippen LogP contribution < -0.4 is 4.90 Å². The maximum Gasteiger partial charge on any atom is 0.404 e. The largest absolute Gasteiger partial charge is 0.404 e. The smallest absolute Gasteiger partial charge is 0.375 e. The number of aryl methyl sites for hydroxylation is 1. The summed E-state index contributed by atoms with van der Waals surface area (Å²) in [5.41, 5.74) is 0.259. The number of fused-ring (bicyclic) bond motifs is 4. The molecular formula is C25H21F4N5O. The quantitative estimate of drug-likeness (QED) is 0.271. The van der Waals surface area contributed by atoms with E-state index in [0.717, 1.165) is 13.8 Å². The van der Waals surface area contributed by atoms with Gasteiger partial charge in [-0.25, -0.2) is 4.39 Å². The zero-order chi connectivity index (χ0) is 25.0. The molecule has 5 rings (SSSR count). The van der Waals surface area contributed by atoms with E-state index in [1.54, 1.807) is 29.5 Å². The molecule has 0 saturated carbocycles. The van der Waals surface area contributed by atoms with Crippen LogP contribution in [-0.4, -0.2) is 38.9 Å². The highest BCUT2D eigenvalue weighted by Gasteiger charge is 2.46. The fraction of sp³-hybridized carbons (Fsp3) is 0.320. The maximum atomic E-state index is 14.3. The van der Waals surface area contributed by atoms with Crippen molar-refractivity contribution < 1.29 is 22.3 Å². The SMILES string of the molecule is Cc1nnc2nc(N3CCOCc4c(C#CC(C)(C)C(F)(F)F)cccc43)c3cc(F)ccc3n12. The number of halogens is 4. The molecule has 0 fully saturated rings. The Hall–Kier alpha value is -3.71. The molecule has 2 aromatic carbocycles. The minimum atomic E-state index is -4.47. The minimum absolute atomic E-state index is 0.168. The standard InChI is InChI=1S/C25H21F4N5O/c1-15-31-32-23-30-22(18-13-17(26)7-8-21(18)34(15)23)33-11-12-35-14-19-16(5-4-6-20(19)33)9-10-24(2,3)25(27,28)29/h4-8,13H,11-12,14H2,1-3H3. The van der Waals surface area contributed by atoms with Gasteiger partial charge in [0.25, 0.3) is 5.78 Å². The van der Waals surface area contributed by atoms with Crippen LogP contribution in [0.2, 0.25) is 0 Å². The molecule has 0 atom stereocenters. The molecule has 1 aliphatic heterocycles. The molecule has 6 nitrogen and oxygen atoms in total. The van der Waals surface area contributed by atoms with Gasteiger partial charge in [-0.05, 0) is 51.1 Å². The third-order valence-corrected chi connectivity index (χ3v) is 6.08. The normalized spacial score (nSPS) is 14.5. The number of aromatic nitrogens is 4. The van der Waals surface area contributed by atoms with Crippen LogP contribution in [0.1, 0.15) is 30.8 Å². The summed E-state index contributed by atoms with van der Waals surface area (Å²) in [5.74, 6) is 6.07. The Balaban J connectivity index is 1.71. The van der Waals surface area contributed by atoms with E-state index in [1.165, 1.54) is 12.1 Å². The van der Waals surface area contributed by atoms with Crippen molar-refractivity contribution >= 4 is 28.2 Å². The summed E-state index contributed by atoms with van der Waals surface area (Å²) in [4.78, 5) is 6.55. The fourth-order valence-corrected chi connectivity index (χ4v) is 4.01. The second-order valence-corrected chi connectivity index (χ2v) is 8.86. The average Bonchev–Trinajstić information content (AvgIpc) is 3.04. The highest BCUT2D eigenvalue weighted by Crippen LogP contribution is 2.38. The van der Waals surface area contributed by atoms with E-state index in [0.29, 0.717) is 58.3 Å². The van der Waals surface area contributed by atoms with Crippen molar-refractivity contribution in [2.75, 3.05) is 18.1 Å². The maximum absolute atomic E-state index is 14.3. The molecule has 0 aliphatic carbocycles. The summed E-state index contributed by atoms with van der Waals surface area (Å²) in [7, 11) is 0. The number of hydrogen-bond donors (Lipinski definition) is 0. The molecule has 0 saturated heterocycles. The lowest BCUT2D eigenvalue weighted by Crippen LogP contribution is -2.30. The van der Waals surface area contributed by atoms with Gasteiger partial charge in [0.2, 0.25) is 0 Å². The van der Waals surface area contributed by atoms with Gasteiger partial charge >= 0.3 is 6.18 Å². The van der Waals surface area contributed by atoms with E-state index in [1.807, 2.05) is 11.0 Å². The van der Waals surface area contributed by atoms with Crippen molar-refractivity contribution in [3.05, 3.63) is 59.2 Å².